The molecule has 2 aromatic rings. The van der Waals surface area contributed by atoms with Gasteiger partial charge in [0.2, 0.25) is 0 Å². The van der Waals surface area contributed by atoms with Crippen LogP contribution < -0.4 is 14.8 Å². The fraction of sp³-hybridized carbons (Fsp3) is 0.316. The molecule has 0 saturated heterocycles. The van der Waals surface area contributed by atoms with Crippen molar-refractivity contribution in [2.45, 2.75) is 26.8 Å². The van der Waals surface area contributed by atoms with Gasteiger partial charge in [-0.05, 0) is 50.6 Å². The van der Waals surface area contributed by atoms with Crippen LogP contribution in [0.25, 0.3) is 0 Å². The van der Waals surface area contributed by atoms with Crippen molar-refractivity contribution in [3.8, 4) is 11.5 Å². The number of carbonyl (C=O) groups excluding carboxylic acids is 1. The third-order valence-electron chi connectivity index (χ3n) is 3.76. The number of non-ortho nitro benzene ring substituents is 1. The zero-order chi connectivity index (χ0) is 19.1. The minimum atomic E-state index is -0.501. The topological polar surface area (TPSA) is 90.7 Å². The van der Waals surface area contributed by atoms with E-state index >= 15 is 0 Å². The van der Waals surface area contributed by atoms with Gasteiger partial charge in [-0.1, -0.05) is 6.07 Å². The lowest BCUT2D eigenvalue weighted by atomic mass is 10.1. The second-order valence-corrected chi connectivity index (χ2v) is 5.57. The predicted octanol–water partition coefficient (Wildman–Crippen LogP) is 3.88. The van der Waals surface area contributed by atoms with Gasteiger partial charge in [-0.2, -0.15) is 0 Å². The molecule has 138 valence electrons. The lowest BCUT2D eigenvalue weighted by Gasteiger charge is -2.17. The molecule has 7 heteroatoms. The van der Waals surface area contributed by atoms with Crippen LogP contribution >= 0.6 is 0 Å². The van der Waals surface area contributed by atoms with E-state index in [1.165, 1.54) is 24.3 Å². The number of nitrogens with zero attached hydrogens (tertiary/aromatic N) is 1. The minimum absolute atomic E-state index is 0.0533. The smallest absolute Gasteiger partial charge is 0.269 e. The molecule has 2 aromatic carbocycles. The molecule has 0 heterocycles. The largest absolute Gasteiger partial charge is 0.490 e. The number of amides is 1. The Morgan fingerprint density at radius 2 is 1.69 bits per heavy atom. The highest BCUT2D eigenvalue weighted by molar-refractivity contribution is 5.94. The van der Waals surface area contributed by atoms with Gasteiger partial charge in [-0.3, -0.25) is 14.9 Å². The molecule has 1 N–H and O–H groups in total. The fourth-order valence-corrected chi connectivity index (χ4v) is 2.43. The standard InChI is InChI=1S/C19H22N2O5/c1-4-25-17-11-8-15(12-18(17)26-5-2)13(3)20-19(22)14-6-9-16(10-7-14)21(23)24/h6-13H,4-5H2,1-3H3,(H,20,22)/t13-/m1/s1. The highest BCUT2D eigenvalue weighted by atomic mass is 16.6. The minimum Gasteiger partial charge on any atom is -0.490 e. The zero-order valence-corrected chi connectivity index (χ0v) is 15.0. The molecule has 0 bridgehead atoms. The van der Waals surface area contributed by atoms with E-state index in [1.807, 2.05) is 39.0 Å². The molecule has 0 aliphatic rings. The lowest BCUT2D eigenvalue weighted by Crippen LogP contribution is -2.26. The molecule has 0 aliphatic carbocycles. The van der Waals surface area contributed by atoms with Crippen LogP contribution in [0.1, 0.15) is 42.7 Å². The number of carbonyl (C=O) groups is 1. The van der Waals surface area contributed by atoms with Gasteiger partial charge in [0.05, 0.1) is 24.2 Å². The van der Waals surface area contributed by atoms with Crippen molar-refractivity contribution < 1.29 is 19.2 Å². The zero-order valence-electron chi connectivity index (χ0n) is 15.0. The first-order valence-electron chi connectivity index (χ1n) is 8.41. The second kappa shape index (κ2) is 8.84. The first-order valence-corrected chi connectivity index (χ1v) is 8.41. The Kier molecular flexibility index (Phi) is 6.54. The summed E-state index contributed by atoms with van der Waals surface area (Å²) < 4.78 is 11.1. The van der Waals surface area contributed by atoms with Crippen LogP contribution in [0.3, 0.4) is 0 Å². The highest BCUT2D eigenvalue weighted by Gasteiger charge is 2.15. The van der Waals surface area contributed by atoms with Gasteiger partial charge in [-0.15, -0.1) is 0 Å². The third-order valence-corrected chi connectivity index (χ3v) is 3.76. The van der Waals surface area contributed by atoms with E-state index in [2.05, 4.69) is 5.32 Å². The van der Waals surface area contributed by atoms with E-state index in [9.17, 15) is 14.9 Å². The Labute approximate surface area is 152 Å². The van der Waals surface area contributed by atoms with Gasteiger partial charge in [0.15, 0.2) is 11.5 Å². The number of rotatable bonds is 8. The van der Waals surface area contributed by atoms with Crippen LogP contribution in [-0.2, 0) is 0 Å². The summed E-state index contributed by atoms with van der Waals surface area (Å²) in [4.78, 5) is 22.5. The summed E-state index contributed by atoms with van der Waals surface area (Å²) in [6.45, 7) is 6.69. The maximum atomic E-state index is 12.4. The number of ether oxygens (including phenoxy) is 2. The quantitative estimate of drug-likeness (QED) is 0.571. The molecule has 0 unspecified atom stereocenters. The van der Waals surface area contributed by atoms with Crippen molar-refractivity contribution in [2.24, 2.45) is 0 Å². The summed E-state index contributed by atoms with van der Waals surface area (Å²) in [5.74, 6) is 0.981. The summed E-state index contributed by atoms with van der Waals surface area (Å²) in [5.41, 5.74) is 1.17. The fourth-order valence-electron chi connectivity index (χ4n) is 2.43. The molecule has 7 nitrogen and oxygen atoms in total. The molecule has 0 radical (unpaired) electrons. The summed E-state index contributed by atoms with van der Waals surface area (Å²) >= 11 is 0. The number of nitrogens with one attached hydrogen (secondary N) is 1. The molecular weight excluding hydrogens is 336 g/mol. The Morgan fingerprint density at radius 3 is 2.27 bits per heavy atom. The van der Waals surface area contributed by atoms with Crippen molar-refractivity contribution in [2.75, 3.05) is 13.2 Å². The number of nitro groups is 1. The van der Waals surface area contributed by atoms with Crippen LogP contribution in [-0.4, -0.2) is 24.0 Å². The first kappa shape index (κ1) is 19.2. The van der Waals surface area contributed by atoms with Gasteiger partial charge in [0.25, 0.3) is 11.6 Å². The van der Waals surface area contributed by atoms with Crippen molar-refractivity contribution in [3.63, 3.8) is 0 Å². The number of nitro benzene ring substituents is 1. The SMILES string of the molecule is CCOc1ccc([C@@H](C)NC(=O)c2ccc([N+](=O)[O-])cc2)cc1OCC. The van der Waals surface area contributed by atoms with Gasteiger partial charge in [-0.25, -0.2) is 0 Å². The molecule has 1 atom stereocenters. The van der Waals surface area contributed by atoms with E-state index in [0.717, 1.165) is 5.56 Å². The molecule has 1 amide bonds. The van der Waals surface area contributed by atoms with Gasteiger partial charge in [0.1, 0.15) is 0 Å². The number of hydrogen-bond acceptors (Lipinski definition) is 5. The van der Waals surface area contributed by atoms with Gasteiger partial charge in [0, 0.05) is 17.7 Å². The van der Waals surface area contributed by atoms with Crippen LogP contribution in [0.4, 0.5) is 5.69 Å². The van der Waals surface area contributed by atoms with Gasteiger partial charge >= 0.3 is 0 Å². The number of benzene rings is 2. The van der Waals surface area contributed by atoms with E-state index in [0.29, 0.717) is 30.3 Å². The molecule has 0 aliphatic heterocycles. The van der Waals surface area contributed by atoms with Crippen molar-refractivity contribution in [1.82, 2.24) is 5.32 Å². The molecule has 0 saturated carbocycles. The Hall–Kier alpha value is -3.09. The molecule has 0 aromatic heterocycles. The average molecular weight is 358 g/mol. The van der Waals surface area contributed by atoms with Crippen LogP contribution in [0.15, 0.2) is 42.5 Å². The van der Waals surface area contributed by atoms with E-state index in [1.54, 1.807) is 0 Å². The van der Waals surface area contributed by atoms with Crippen LogP contribution in [0.2, 0.25) is 0 Å². The summed E-state index contributed by atoms with van der Waals surface area (Å²) in [6, 6.07) is 10.7. The molecule has 0 spiro atoms. The molecule has 26 heavy (non-hydrogen) atoms. The van der Waals surface area contributed by atoms with E-state index in [4.69, 9.17) is 9.47 Å². The average Bonchev–Trinajstić information content (AvgIpc) is 2.63. The molecule has 0 fully saturated rings. The summed E-state index contributed by atoms with van der Waals surface area (Å²) in [7, 11) is 0. The maximum absolute atomic E-state index is 12.4. The third kappa shape index (κ3) is 4.72. The summed E-state index contributed by atoms with van der Waals surface area (Å²) in [5, 5.41) is 13.6. The Bertz CT molecular complexity index is 774. The van der Waals surface area contributed by atoms with Crippen molar-refractivity contribution in [1.29, 1.82) is 0 Å². The van der Waals surface area contributed by atoms with E-state index < -0.39 is 4.92 Å². The van der Waals surface area contributed by atoms with Crippen molar-refractivity contribution >= 4 is 11.6 Å². The van der Waals surface area contributed by atoms with Crippen molar-refractivity contribution in [3.05, 3.63) is 63.7 Å². The maximum Gasteiger partial charge on any atom is 0.269 e. The monoisotopic (exact) mass is 358 g/mol. The molecule has 2 rings (SSSR count). The van der Waals surface area contributed by atoms with Gasteiger partial charge < -0.3 is 14.8 Å². The number of hydrogen-bond donors (Lipinski definition) is 1. The second-order valence-electron chi connectivity index (χ2n) is 5.57. The first-order chi connectivity index (χ1) is 12.5. The predicted molar refractivity (Wildman–Crippen MR) is 97.8 cm³/mol. The van der Waals surface area contributed by atoms with Crippen LogP contribution in [0, 0.1) is 10.1 Å². The van der Waals surface area contributed by atoms with Crippen LogP contribution in [0.5, 0.6) is 11.5 Å². The molecular formula is C19H22N2O5. The highest BCUT2D eigenvalue weighted by Crippen LogP contribution is 2.30. The van der Waals surface area contributed by atoms with E-state index in [-0.39, 0.29) is 17.6 Å². The Balaban J connectivity index is 2.12. The summed E-state index contributed by atoms with van der Waals surface area (Å²) in [6.07, 6.45) is 0. The lowest BCUT2D eigenvalue weighted by molar-refractivity contribution is -0.384. The Morgan fingerprint density at radius 1 is 1.08 bits per heavy atom. The normalized spacial score (nSPS) is 11.5.